The Balaban J connectivity index is 2.37. The molecule has 0 radical (unpaired) electrons. The Morgan fingerprint density at radius 3 is 2.65 bits per heavy atom. The molecule has 0 aliphatic carbocycles. The summed E-state index contributed by atoms with van der Waals surface area (Å²) in [5.41, 5.74) is 1.21. The van der Waals surface area contributed by atoms with Gasteiger partial charge in [-0.3, -0.25) is 4.90 Å². The quantitative estimate of drug-likeness (QED) is 0.774. The molecule has 0 spiro atoms. The fourth-order valence-electron chi connectivity index (χ4n) is 1.65. The van der Waals surface area contributed by atoms with Crippen molar-refractivity contribution in [2.24, 2.45) is 5.92 Å². The highest BCUT2D eigenvalue weighted by molar-refractivity contribution is 7.09. The van der Waals surface area contributed by atoms with Crippen LogP contribution in [-0.4, -0.2) is 29.5 Å². The molecule has 0 aliphatic heterocycles. The average molecular weight is 255 g/mol. The van der Waals surface area contributed by atoms with Crippen LogP contribution in [0.25, 0.3) is 0 Å². The second-order valence-corrected chi connectivity index (χ2v) is 5.66. The highest BCUT2D eigenvalue weighted by atomic mass is 32.1. The maximum absolute atomic E-state index is 4.66. The zero-order chi connectivity index (χ0) is 12.7. The predicted octanol–water partition coefficient (Wildman–Crippen LogP) is 2.73. The van der Waals surface area contributed by atoms with E-state index in [2.05, 4.69) is 48.3 Å². The molecule has 0 aromatic carbocycles. The van der Waals surface area contributed by atoms with Gasteiger partial charge in [-0.05, 0) is 25.6 Å². The van der Waals surface area contributed by atoms with Gasteiger partial charge in [0, 0.05) is 18.5 Å². The fraction of sp³-hybridized carbons (Fsp3) is 0.769. The molecule has 1 N–H and O–H groups in total. The van der Waals surface area contributed by atoms with Crippen molar-refractivity contribution in [3.63, 3.8) is 0 Å². The zero-order valence-electron chi connectivity index (χ0n) is 11.5. The van der Waals surface area contributed by atoms with E-state index in [1.165, 1.54) is 10.7 Å². The Morgan fingerprint density at radius 2 is 2.06 bits per heavy atom. The normalized spacial score (nSPS) is 11.6. The molecule has 0 saturated carbocycles. The van der Waals surface area contributed by atoms with E-state index in [-0.39, 0.29) is 0 Å². The highest BCUT2D eigenvalue weighted by Crippen LogP contribution is 2.11. The van der Waals surface area contributed by atoms with Crippen molar-refractivity contribution in [3.8, 4) is 0 Å². The molecule has 0 unspecified atom stereocenters. The lowest BCUT2D eigenvalue weighted by Crippen LogP contribution is -2.22. The lowest BCUT2D eigenvalue weighted by atomic mass is 10.2. The second kappa shape index (κ2) is 7.80. The largest absolute Gasteiger partial charge is 0.310 e. The van der Waals surface area contributed by atoms with Gasteiger partial charge in [-0.1, -0.05) is 27.7 Å². The van der Waals surface area contributed by atoms with Gasteiger partial charge < -0.3 is 5.32 Å². The summed E-state index contributed by atoms with van der Waals surface area (Å²) < 4.78 is 0. The van der Waals surface area contributed by atoms with Crippen molar-refractivity contribution >= 4 is 11.3 Å². The summed E-state index contributed by atoms with van der Waals surface area (Å²) in [6, 6.07) is 0. The highest BCUT2D eigenvalue weighted by Gasteiger charge is 2.05. The third-order valence-electron chi connectivity index (χ3n) is 2.71. The first-order valence-corrected chi connectivity index (χ1v) is 7.40. The Labute approximate surface area is 109 Å². The molecule has 0 atom stereocenters. The van der Waals surface area contributed by atoms with Crippen molar-refractivity contribution in [1.82, 2.24) is 15.2 Å². The van der Waals surface area contributed by atoms with E-state index in [1.807, 2.05) is 0 Å². The molecule has 3 nitrogen and oxygen atoms in total. The average Bonchev–Trinajstić information content (AvgIpc) is 2.73. The first kappa shape index (κ1) is 14.6. The number of aromatic nitrogens is 1. The molecule has 4 heteroatoms. The van der Waals surface area contributed by atoms with Crippen LogP contribution in [-0.2, 0) is 13.1 Å². The van der Waals surface area contributed by atoms with E-state index in [0.717, 1.165) is 32.7 Å². The van der Waals surface area contributed by atoms with E-state index in [9.17, 15) is 0 Å². The number of hydrogen-bond donors (Lipinski definition) is 1. The van der Waals surface area contributed by atoms with Crippen molar-refractivity contribution in [3.05, 3.63) is 16.1 Å². The number of nitrogens with one attached hydrogen (secondary N) is 1. The zero-order valence-corrected chi connectivity index (χ0v) is 12.3. The third-order valence-corrected chi connectivity index (χ3v) is 3.61. The molecule has 1 rings (SSSR count). The van der Waals surface area contributed by atoms with Crippen LogP contribution in [0.1, 0.15) is 38.4 Å². The molecule has 0 amide bonds. The lowest BCUT2D eigenvalue weighted by Gasteiger charge is -2.15. The van der Waals surface area contributed by atoms with E-state index < -0.39 is 0 Å². The van der Waals surface area contributed by atoms with Gasteiger partial charge in [0.15, 0.2) is 0 Å². The van der Waals surface area contributed by atoms with Gasteiger partial charge in [0.1, 0.15) is 5.01 Å². The van der Waals surface area contributed by atoms with E-state index in [0.29, 0.717) is 5.92 Å². The third kappa shape index (κ3) is 5.61. The van der Waals surface area contributed by atoms with Crippen LogP contribution in [0.3, 0.4) is 0 Å². The van der Waals surface area contributed by atoms with Gasteiger partial charge in [-0.2, -0.15) is 0 Å². The smallest absolute Gasteiger partial charge is 0.107 e. The van der Waals surface area contributed by atoms with Gasteiger partial charge in [-0.15, -0.1) is 11.3 Å². The van der Waals surface area contributed by atoms with Crippen LogP contribution in [0.4, 0.5) is 0 Å². The molecule has 0 bridgehead atoms. The molecule has 0 saturated heterocycles. The molecule has 17 heavy (non-hydrogen) atoms. The van der Waals surface area contributed by atoms with Crippen LogP contribution in [0, 0.1) is 5.92 Å². The summed E-state index contributed by atoms with van der Waals surface area (Å²) in [7, 11) is 0. The summed E-state index contributed by atoms with van der Waals surface area (Å²) in [5, 5.41) is 6.82. The number of thiazole rings is 1. The van der Waals surface area contributed by atoms with Crippen molar-refractivity contribution < 1.29 is 0 Å². The van der Waals surface area contributed by atoms with Crippen molar-refractivity contribution in [1.29, 1.82) is 0 Å². The molecule has 98 valence electrons. The summed E-state index contributed by atoms with van der Waals surface area (Å²) in [6.45, 7) is 14.0. The van der Waals surface area contributed by atoms with E-state index in [4.69, 9.17) is 0 Å². The number of nitrogens with zero attached hydrogens (tertiary/aromatic N) is 2. The molecule has 0 aliphatic rings. The fourth-order valence-corrected chi connectivity index (χ4v) is 2.40. The summed E-state index contributed by atoms with van der Waals surface area (Å²) in [5.74, 6) is 0.699. The SMILES string of the molecule is CCN(CC)Cc1csc(CNCC(C)C)n1. The van der Waals surface area contributed by atoms with Gasteiger partial charge in [0.05, 0.1) is 5.69 Å². The van der Waals surface area contributed by atoms with Crippen LogP contribution >= 0.6 is 11.3 Å². The molecule has 1 aromatic rings. The van der Waals surface area contributed by atoms with Gasteiger partial charge in [0.25, 0.3) is 0 Å². The maximum Gasteiger partial charge on any atom is 0.107 e. The van der Waals surface area contributed by atoms with Gasteiger partial charge >= 0.3 is 0 Å². The Kier molecular flexibility index (Phi) is 6.70. The van der Waals surface area contributed by atoms with Crippen LogP contribution in [0.5, 0.6) is 0 Å². The minimum Gasteiger partial charge on any atom is -0.310 e. The van der Waals surface area contributed by atoms with Gasteiger partial charge in [0.2, 0.25) is 0 Å². The lowest BCUT2D eigenvalue weighted by molar-refractivity contribution is 0.292. The molecule has 1 aromatic heterocycles. The van der Waals surface area contributed by atoms with Crippen LogP contribution in [0.2, 0.25) is 0 Å². The monoisotopic (exact) mass is 255 g/mol. The Morgan fingerprint density at radius 1 is 1.35 bits per heavy atom. The Bertz CT molecular complexity index is 305. The first-order chi connectivity index (χ1) is 8.15. The summed E-state index contributed by atoms with van der Waals surface area (Å²) >= 11 is 1.76. The molecular formula is C13H25N3S. The molecule has 0 fully saturated rings. The first-order valence-electron chi connectivity index (χ1n) is 6.52. The topological polar surface area (TPSA) is 28.2 Å². The minimum absolute atomic E-state index is 0.699. The van der Waals surface area contributed by atoms with E-state index in [1.54, 1.807) is 11.3 Å². The Hall–Kier alpha value is -0.450. The number of hydrogen-bond acceptors (Lipinski definition) is 4. The second-order valence-electron chi connectivity index (χ2n) is 4.72. The van der Waals surface area contributed by atoms with Crippen molar-refractivity contribution in [2.75, 3.05) is 19.6 Å². The maximum atomic E-state index is 4.66. The number of rotatable bonds is 8. The minimum atomic E-state index is 0.699. The van der Waals surface area contributed by atoms with Crippen molar-refractivity contribution in [2.45, 2.75) is 40.8 Å². The summed E-state index contributed by atoms with van der Waals surface area (Å²) in [4.78, 5) is 7.05. The predicted molar refractivity (Wildman–Crippen MR) is 75.3 cm³/mol. The van der Waals surface area contributed by atoms with E-state index >= 15 is 0 Å². The summed E-state index contributed by atoms with van der Waals surface area (Å²) in [6.07, 6.45) is 0. The van der Waals surface area contributed by atoms with Crippen LogP contribution < -0.4 is 5.32 Å². The standard InChI is InChI=1S/C13H25N3S/c1-5-16(6-2)9-12-10-17-13(15-12)8-14-7-11(3)4/h10-11,14H,5-9H2,1-4H3. The molecule has 1 heterocycles. The molecular weight excluding hydrogens is 230 g/mol. The van der Waals surface area contributed by atoms with Gasteiger partial charge in [-0.25, -0.2) is 4.98 Å². The van der Waals surface area contributed by atoms with Crippen LogP contribution in [0.15, 0.2) is 5.38 Å².